The summed E-state index contributed by atoms with van der Waals surface area (Å²) in [4.78, 5) is 27.0. The number of likely N-dealkylation sites (tertiary alicyclic amines) is 1. The van der Waals surface area contributed by atoms with E-state index in [1.54, 1.807) is 35.6 Å². The summed E-state index contributed by atoms with van der Waals surface area (Å²) in [6.07, 6.45) is 5.61. The third kappa shape index (κ3) is 2.90. The van der Waals surface area contributed by atoms with Crippen molar-refractivity contribution in [1.82, 2.24) is 19.9 Å². The van der Waals surface area contributed by atoms with Gasteiger partial charge in [-0.25, -0.2) is 9.97 Å². The van der Waals surface area contributed by atoms with Crippen LogP contribution in [0.5, 0.6) is 5.88 Å². The van der Waals surface area contributed by atoms with E-state index in [1.165, 1.54) is 0 Å². The molecule has 1 unspecified atom stereocenters. The lowest BCUT2D eigenvalue weighted by molar-refractivity contribution is 0.0771. The Hall–Kier alpha value is -3.02. The van der Waals surface area contributed by atoms with Gasteiger partial charge in [0.1, 0.15) is 6.10 Å². The third-order valence-corrected chi connectivity index (χ3v) is 4.07. The number of rotatable bonds is 3. The number of benzene rings is 1. The van der Waals surface area contributed by atoms with E-state index in [2.05, 4.69) is 15.0 Å². The lowest BCUT2D eigenvalue weighted by Crippen LogP contribution is -2.31. The Kier molecular flexibility index (Phi) is 3.78. The highest BCUT2D eigenvalue weighted by molar-refractivity contribution is 5.94. The zero-order valence-electron chi connectivity index (χ0n) is 13.0. The highest BCUT2D eigenvalue weighted by Gasteiger charge is 2.28. The Morgan fingerprint density at radius 1 is 1.12 bits per heavy atom. The molecule has 0 radical (unpaired) electrons. The summed E-state index contributed by atoms with van der Waals surface area (Å²) in [5.41, 5.74) is 2.29. The second-order valence-electron chi connectivity index (χ2n) is 5.71. The fourth-order valence-electron chi connectivity index (χ4n) is 2.85. The molecule has 4 rings (SSSR count). The average molecular weight is 320 g/mol. The molecule has 0 N–H and O–H groups in total. The molecular weight excluding hydrogens is 304 g/mol. The van der Waals surface area contributed by atoms with Crippen molar-refractivity contribution in [3.8, 4) is 5.88 Å². The SMILES string of the molecule is O=C(c1ccncc1)N1CCC(Oc2cnc3ccccc3n2)C1. The Labute approximate surface area is 139 Å². The number of ether oxygens (including phenoxy) is 1. The Balaban J connectivity index is 1.44. The largest absolute Gasteiger partial charge is 0.471 e. The van der Waals surface area contributed by atoms with E-state index in [0.29, 0.717) is 24.5 Å². The minimum atomic E-state index is -0.0637. The first kappa shape index (κ1) is 14.6. The molecule has 1 aromatic carbocycles. The number of pyridine rings is 1. The summed E-state index contributed by atoms with van der Waals surface area (Å²) in [6, 6.07) is 11.1. The maximum absolute atomic E-state index is 12.4. The van der Waals surface area contributed by atoms with Gasteiger partial charge in [-0.2, -0.15) is 0 Å². The number of carbonyl (C=O) groups is 1. The number of aromatic nitrogens is 3. The van der Waals surface area contributed by atoms with Crippen LogP contribution in [-0.2, 0) is 0 Å². The number of hydrogen-bond donors (Lipinski definition) is 0. The molecule has 3 heterocycles. The van der Waals surface area contributed by atoms with Crippen molar-refractivity contribution in [2.75, 3.05) is 13.1 Å². The van der Waals surface area contributed by atoms with Gasteiger partial charge >= 0.3 is 0 Å². The molecule has 0 bridgehead atoms. The molecule has 24 heavy (non-hydrogen) atoms. The van der Waals surface area contributed by atoms with Gasteiger partial charge < -0.3 is 9.64 Å². The van der Waals surface area contributed by atoms with Crippen LogP contribution in [0.2, 0.25) is 0 Å². The average Bonchev–Trinajstić information content (AvgIpc) is 3.10. The maximum atomic E-state index is 12.4. The van der Waals surface area contributed by atoms with Gasteiger partial charge in [-0.1, -0.05) is 12.1 Å². The molecule has 1 atom stereocenters. The van der Waals surface area contributed by atoms with Gasteiger partial charge in [-0.05, 0) is 24.3 Å². The van der Waals surface area contributed by atoms with E-state index in [0.717, 1.165) is 17.5 Å². The molecule has 1 saturated heterocycles. The summed E-state index contributed by atoms with van der Waals surface area (Å²) in [7, 11) is 0. The van der Waals surface area contributed by atoms with Crippen LogP contribution in [0.25, 0.3) is 11.0 Å². The molecule has 1 amide bonds. The molecule has 0 saturated carbocycles. The highest BCUT2D eigenvalue weighted by atomic mass is 16.5. The van der Waals surface area contributed by atoms with Crippen LogP contribution < -0.4 is 4.74 Å². The van der Waals surface area contributed by atoms with Gasteiger partial charge in [0.2, 0.25) is 5.88 Å². The number of hydrogen-bond acceptors (Lipinski definition) is 5. The summed E-state index contributed by atoms with van der Waals surface area (Å²) in [5.74, 6) is 0.505. The first-order chi connectivity index (χ1) is 11.8. The molecule has 120 valence electrons. The number of amides is 1. The van der Waals surface area contributed by atoms with Gasteiger partial charge in [0, 0.05) is 30.9 Å². The van der Waals surface area contributed by atoms with E-state index < -0.39 is 0 Å². The van der Waals surface area contributed by atoms with Crippen molar-refractivity contribution in [3.63, 3.8) is 0 Å². The zero-order valence-corrected chi connectivity index (χ0v) is 13.0. The van der Waals surface area contributed by atoms with Gasteiger partial charge in [-0.15, -0.1) is 0 Å². The van der Waals surface area contributed by atoms with E-state index in [9.17, 15) is 4.79 Å². The van der Waals surface area contributed by atoms with Crippen LogP contribution in [0.3, 0.4) is 0 Å². The summed E-state index contributed by atoms with van der Waals surface area (Å²) >= 11 is 0. The molecule has 1 fully saturated rings. The predicted molar refractivity (Wildman–Crippen MR) is 88.7 cm³/mol. The lowest BCUT2D eigenvalue weighted by Gasteiger charge is -2.17. The molecular formula is C18H16N4O2. The topological polar surface area (TPSA) is 68.2 Å². The lowest BCUT2D eigenvalue weighted by atomic mass is 10.2. The minimum absolute atomic E-state index is 0.00750. The van der Waals surface area contributed by atoms with Gasteiger partial charge in [0.05, 0.1) is 23.8 Å². The normalized spacial score (nSPS) is 17.2. The van der Waals surface area contributed by atoms with Crippen molar-refractivity contribution < 1.29 is 9.53 Å². The monoisotopic (exact) mass is 320 g/mol. The predicted octanol–water partition coefficient (Wildman–Crippen LogP) is 2.32. The molecule has 6 heteroatoms. The molecule has 1 aliphatic rings. The van der Waals surface area contributed by atoms with E-state index >= 15 is 0 Å². The fraction of sp³-hybridized carbons (Fsp3) is 0.222. The van der Waals surface area contributed by atoms with Crippen LogP contribution in [0.15, 0.2) is 55.0 Å². The molecule has 6 nitrogen and oxygen atoms in total. The Morgan fingerprint density at radius 3 is 2.75 bits per heavy atom. The molecule has 0 spiro atoms. The molecule has 3 aromatic rings. The molecule has 0 aliphatic carbocycles. The quantitative estimate of drug-likeness (QED) is 0.741. The molecule has 2 aromatic heterocycles. The van der Waals surface area contributed by atoms with Gasteiger partial charge in [0.15, 0.2) is 0 Å². The molecule has 1 aliphatic heterocycles. The van der Waals surface area contributed by atoms with E-state index in [4.69, 9.17) is 4.74 Å². The summed E-state index contributed by atoms with van der Waals surface area (Å²) in [5, 5.41) is 0. The second kappa shape index (κ2) is 6.23. The van der Waals surface area contributed by atoms with Gasteiger partial charge in [-0.3, -0.25) is 9.78 Å². The smallest absolute Gasteiger partial charge is 0.254 e. The van der Waals surface area contributed by atoms with E-state index in [-0.39, 0.29) is 12.0 Å². The zero-order chi connectivity index (χ0) is 16.4. The van der Waals surface area contributed by atoms with Crippen molar-refractivity contribution in [1.29, 1.82) is 0 Å². The number of carbonyl (C=O) groups excluding carboxylic acids is 1. The van der Waals surface area contributed by atoms with Crippen LogP contribution >= 0.6 is 0 Å². The first-order valence-electron chi connectivity index (χ1n) is 7.87. The first-order valence-corrected chi connectivity index (χ1v) is 7.87. The standard InChI is InChI=1S/C18H16N4O2/c23-18(13-5-8-19-9-6-13)22-10-7-14(12-22)24-17-11-20-15-3-1-2-4-16(15)21-17/h1-6,8-9,11,14H,7,10,12H2. The third-order valence-electron chi connectivity index (χ3n) is 4.07. The Bertz CT molecular complexity index is 869. The van der Waals surface area contributed by atoms with Crippen molar-refractivity contribution in [2.45, 2.75) is 12.5 Å². The van der Waals surface area contributed by atoms with Crippen molar-refractivity contribution in [3.05, 3.63) is 60.6 Å². The van der Waals surface area contributed by atoms with Crippen LogP contribution in [0.1, 0.15) is 16.8 Å². The van der Waals surface area contributed by atoms with E-state index in [1.807, 2.05) is 24.3 Å². The van der Waals surface area contributed by atoms with Crippen LogP contribution in [0, 0.1) is 0 Å². The van der Waals surface area contributed by atoms with Crippen LogP contribution in [-0.4, -0.2) is 45.0 Å². The maximum Gasteiger partial charge on any atom is 0.254 e. The minimum Gasteiger partial charge on any atom is -0.471 e. The Morgan fingerprint density at radius 2 is 1.92 bits per heavy atom. The number of para-hydroxylation sites is 2. The number of nitrogens with zero attached hydrogens (tertiary/aromatic N) is 4. The van der Waals surface area contributed by atoms with Crippen LogP contribution in [0.4, 0.5) is 0 Å². The van der Waals surface area contributed by atoms with Crippen molar-refractivity contribution in [2.24, 2.45) is 0 Å². The second-order valence-corrected chi connectivity index (χ2v) is 5.71. The fourth-order valence-corrected chi connectivity index (χ4v) is 2.85. The van der Waals surface area contributed by atoms with Crippen molar-refractivity contribution >= 4 is 16.9 Å². The summed E-state index contributed by atoms with van der Waals surface area (Å²) in [6.45, 7) is 1.22. The number of fused-ring (bicyclic) bond motifs is 1. The van der Waals surface area contributed by atoms with Gasteiger partial charge in [0.25, 0.3) is 5.91 Å². The summed E-state index contributed by atoms with van der Waals surface area (Å²) < 4.78 is 5.92. The highest BCUT2D eigenvalue weighted by Crippen LogP contribution is 2.19.